The van der Waals surface area contributed by atoms with Gasteiger partial charge < -0.3 is 10.1 Å². The van der Waals surface area contributed by atoms with E-state index in [9.17, 15) is 10.1 Å². The summed E-state index contributed by atoms with van der Waals surface area (Å²) < 4.78 is 4.95. The number of nitrogens with zero attached hydrogens (tertiary/aromatic N) is 1. The highest BCUT2D eigenvalue weighted by Gasteiger charge is 2.13. The Morgan fingerprint density at radius 1 is 1.50 bits per heavy atom. The molecule has 0 aromatic heterocycles. The summed E-state index contributed by atoms with van der Waals surface area (Å²) >= 11 is 0. The van der Waals surface area contributed by atoms with Gasteiger partial charge in [0.25, 0.3) is 5.69 Å². The van der Waals surface area contributed by atoms with Gasteiger partial charge in [-0.15, -0.1) is 0 Å². The maximum absolute atomic E-state index is 10.8. The second-order valence-electron chi connectivity index (χ2n) is 3.60. The summed E-state index contributed by atoms with van der Waals surface area (Å²) in [4.78, 5) is 10.4. The molecule has 5 heteroatoms. The molecule has 0 aliphatic carbocycles. The molecule has 1 aromatic rings. The fraction of sp³-hybridized carbons (Fsp3) is 0.455. The lowest BCUT2D eigenvalue weighted by Crippen LogP contribution is -2.17. The fourth-order valence-corrected chi connectivity index (χ4v) is 1.39. The molecule has 0 saturated heterocycles. The quantitative estimate of drug-likeness (QED) is 0.595. The number of hydrogen-bond acceptors (Lipinski definition) is 4. The first kappa shape index (κ1) is 12.4. The second-order valence-corrected chi connectivity index (χ2v) is 3.60. The van der Waals surface area contributed by atoms with Gasteiger partial charge in [-0.05, 0) is 19.4 Å². The van der Waals surface area contributed by atoms with E-state index in [-0.39, 0.29) is 16.7 Å². The van der Waals surface area contributed by atoms with Gasteiger partial charge >= 0.3 is 0 Å². The van der Waals surface area contributed by atoms with E-state index in [0.717, 1.165) is 6.42 Å². The molecule has 0 aliphatic rings. The molecule has 0 saturated carbocycles. The maximum Gasteiger partial charge on any atom is 0.292 e. The van der Waals surface area contributed by atoms with Crippen molar-refractivity contribution >= 4 is 11.4 Å². The zero-order valence-electron chi connectivity index (χ0n) is 9.47. The molecule has 0 amide bonds. The number of nitro groups is 1. The van der Waals surface area contributed by atoms with Gasteiger partial charge in [0.15, 0.2) is 0 Å². The third-order valence-corrected chi connectivity index (χ3v) is 2.26. The highest BCUT2D eigenvalue weighted by Crippen LogP contribution is 2.24. The van der Waals surface area contributed by atoms with Crippen LogP contribution in [0.2, 0.25) is 0 Å². The summed E-state index contributed by atoms with van der Waals surface area (Å²) in [6, 6.07) is 6.77. The number of ether oxygens (including phenoxy) is 1. The molecule has 0 unspecified atom stereocenters. The first-order valence-electron chi connectivity index (χ1n) is 5.14. The van der Waals surface area contributed by atoms with Crippen LogP contribution in [0.3, 0.4) is 0 Å². The third kappa shape index (κ3) is 3.51. The Kier molecular flexibility index (Phi) is 4.72. The van der Waals surface area contributed by atoms with Crippen molar-refractivity contribution in [3.8, 4) is 0 Å². The predicted octanol–water partition coefficient (Wildman–Crippen LogP) is 2.43. The lowest BCUT2D eigenvalue weighted by Gasteiger charge is -2.14. The molecule has 1 N–H and O–H groups in total. The molecule has 0 spiro atoms. The average Bonchev–Trinajstić information content (AvgIpc) is 2.27. The molecule has 16 heavy (non-hydrogen) atoms. The van der Waals surface area contributed by atoms with Crippen LogP contribution in [0.5, 0.6) is 0 Å². The molecule has 1 rings (SSSR count). The Hall–Kier alpha value is -1.62. The number of anilines is 1. The van der Waals surface area contributed by atoms with E-state index in [1.54, 1.807) is 25.3 Å². The van der Waals surface area contributed by atoms with Crippen molar-refractivity contribution < 1.29 is 9.66 Å². The molecule has 1 atom stereocenters. The summed E-state index contributed by atoms with van der Waals surface area (Å²) in [7, 11) is 1.64. The highest BCUT2D eigenvalue weighted by molar-refractivity contribution is 5.61. The Labute approximate surface area is 94.6 Å². The molecular formula is C11H16N2O3. The molecule has 0 fully saturated rings. The Morgan fingerprint density at radius 2 is 2.19 bits per heavy atom. The van der Waals surface area contributed by atoms with Crippen molar-refractivity contribution in [3.63, 3.8) is 0 Å². The number of methoxy groups -OCH3 is 1. The summed E-state index contributed by atoms with van der Waals surface area (Å²) in [6.45, 7) is 2.60. The lowest BCUT2D eigenvalue weighted by molar-refractivity contribution is -0.384. The molecule has 5 nitrogen and oxygen atoms in total. The van der Waals surface area contributed by atoms with Crippen molar-refractivity contribution in [1.29, 1.82) is 0 Å². The molecule has 0 bridgehead atoms. The van der Waals surface area contributed by atoms with Gasteiger partial charge in [0.05, 0.1) is 4.92 Å². The van der Waals surface area contributed by atoms with Crippen LogP contribution in [0.4, 0.5) is 11.4 Å². The van der Waals surface area contributed by atoms with Crippen molar-refractivity contribution in [3.05, 3.63) is 34.4 Å². The van der Waals surface area contributed by atoms with Crippen LogP contribution >= 0.6 is 0 Å². The minimum Gasteiger partial charge on any atom is -0.385 e. The van der Waals surface area contributed by atoms with Gasteiger partial charge in [0, 0.05) is 25.8 Å². The monoisotopic (exact) mass is 224 g/mol. The van der Waals surface area contributed by atoms with Crippen LogP contribution in [-0.4, -0.2) is 24.7 Å². The Morgan fingerprint density at radius 3 is 2.81 bits per heavy atom. The van der Waals surface area contributed by atoms with Crippen LogP contribution in [0, 0.1) is 10.1 Å². The van der Waals surface area contributed by atoms with Gasteiger partial charge in [-0.25, -0.2) is 0 Å². The van der Waals surface area contributed by atoms with Crippen molar-refractivity contribution in [1.82, 2.24) is 0 Å². The molecular weight excluding hydrogens is 208 g/mol. The van der Waals surface area contributed by atoms with Crippen molar-refractivity contribution in [2.45, 2.75) is 19.4 Å². The second kappa shape index (κ2) is 6.07. The van der Waals surface area contributed by atoms with Crippen LogP contribution in [-0.2, 0) is 4.74 Å². The highest BCUT2D eigenvalue weighted by atomic mass is 16.6. The molecule has 88 valence electrons. The number of nitrogens with one attached hydrogen (secondary N) is 1. The summed E-state index contributed by atoms with van der Waals surface area (Å²) in [6.07, 6.45) is 0.808. The predicted molar refractivity (Wildman–Crippen MR) is 62.7 cm³/mol. The van der Waals surface area contributed by atoms with E-state index in [1.807, 2.05) is 6.92 Å². The van der Waals surface area contributed by atoms with Gasteiger partial charge in [-0.3, -0.25) is 10.1 Å². The van der Waals surface area contributed by atoms with Crippen LogP contribution in [0.15, 0.2) is 24.3 Å². The summed E-state index contributed by atoms with van der Waals surface area (Å²) in [5, 5.41) is 13.9. The van der Waals surface area contributed by atoms with Crippen molar-refractivity contribution in [2.24, 2.45) is 0 Å². The number of nitro benzene ring substituents is 1. The fourth-order valence-electron chi connectivity index (χ4n) is 1.39. The topological polar surface area (TPSA) is 64.4 Å². The number of hydrogen-bond donors (Lipinski definition) is 1. The van der Waals surface area contributed by atoms with E-state index in [1.165, 1.54) is 6.07 Å². The number of benzene rings is 1. The molecule has 0 radical (unpaired) electrons. The van der Waals surface area contributed by atoms with Gasteiger partial charge in [-0.1, -0.05) is 12.1 Å². The van der Waals surface area contributed by atoms with E-state index < -0.39 is 0 Å². The number of para-hydroxylation sites is 2. The largest absolute Gasteiger partial charge is 0.385 e. The van der Waals surface area contributed by atoms with E-state index in [0.29, 0.717) is 12.3 Å². The van der Waals surface area contributed by atoms with E-state index >= 15 is 0 Å². The third-order valence-electron chi connectivity index (χ3n) is 2.26. The van der Waals surface area contributed by atoms with Crippen LogP contribution < -0.4 is 5.32 Å². The normalized spacial score (nSPS) is 12.1. The van der Waals surface area contributed by atoms with Gasteiger partial charge in [0.1, 0.15) is 5.69 Å². The van der Waals surface area contributed by atoms with Crippen LogP contribution in [0.1, 0.15) is 13.3 Å². The lowest BCUT2D eigenvalue weighted by atomic mass is 10.2. The zero-order chi connectivity index (χ0) is 12.0. The Bertz CT molecular complexity index is 355. The summed E-state index contributed by atoms with van der Waals surface area (Å²) in [5.41, 5.74) is 0.655. The molecule has 0 aliphatic heterocycles. The van der Waals surface area contributed by atoms with Crippen molar-refractivity contribution in [2.75, 3.05) is 19.0 Å². The first-order chi connectivity index (χ1) is 7.65. The van der Waals surface area contributed by atoms with E-state index in [4.69, 9.17) is 4.74 Å². The SMILES string of the molecule is COCC[C@@H](C)Nc1ccccc1[N+](=O)[O-]. The van der Waals surface area contributed by atoms with Gasteiger partial charge in [-0.2, -0.15) is 0 Å². The van der Waals surface area contributed by atoms with Crippen LogP contribution in [0.25, 0.3) is 0 Å². The van der Waals surface area contributed by atoms with E-state index in [2.05, 4.69) is 5.32 Å². The first-order valence-corrected chi connectivity index (χ1v) is 5.14. The Balaban J connectivity index is 2.69. The minimum absolute atomic E-state index is 0.103. The average molecular weight is 224 g/mol. The molecule has 1 aromatic carbocycles. The molecule has 0 heterocycles. The maximum atomic E-state index is 10.8. The number of rotatable bonds is 6. The minimum atomic E-state index is -0.384. The van der Waals surface area contributed by atoms with Gasteiger partial charge in [0.2, 0.25) is 0 Å². The standard InChI is InChI=1S/C11H16N2O3/c1-9(7-8-16-2)12-10-5-3-4-6-11(10)13(14)15/h3-6,9,12H,7-8H2,1-2H3/t9-/m1/s1. The smallest absolute Gasteiger partial charge is 0.292 e. The zero-order valence-corrected chi connectivity index (χ0v) is 9.47. The summed E-state index contributed by atoms with van der Waals surface area (Å²) in [5.74, 6) is 0.